The third kappa shape index (κ3) is 2.57. The summed E-state index contributed by atoms with van der Waals surface area (Å²) in [6.07, 6.45) is 6.13. The van der Waals surface area contributed by atoms with Gasteiger partial charge in [-0.05, 0) is 25.3 Å². The molecule has 2 unspecified atom stereocenters. The number of ether oxygens (including phenoxy) is 1. The van der Waals surface area contributed by atoms with E-state index in [4.69, 9.17) is 4.74 Å². The smallest absolute Gasteiger partial charge is 0.309 e. The van der Waals surface area contributed by atoms with E-state index in [1.807, 2.05) is 0 Å². The van der Waals surface area contributed by atoms with Crippen molar-refractivity contribution in [2.24, 2.45) is 5.92 Å². The Bertz CT molecular complexity index is 417. The Balaban J connectivity index is 2.27. The van der Waals surface area contributed by atoms with Gasteiger partial charge in [0.15, 0.2) is 0 Å². The van der Waals surface area contributed by atoms with Crippen molar-refractivity contribution < 1.29 is 9.53 Å². The van der Waals surface area contributed by atoms with Gasteiger partial charge in [0.25, 0.3) is 0 Å². The summed E-state index contributed by atoms with van der Waals surface area (Å²) in [5.41, 5.74) is 2.44. The van der Waals surface area contributed by atoms with Crippen molar-refractivity contribution in [1.29, 1.82) is 0 Å². The number of esters is 1. The lowest BCUT2D eigenvalue weighted by Crippen LogP contribution is -2.24. The Morgan fingerprint density at radius 3 is 2.65 bits per heavy atom. The van der Waals surface area contributed by atoms with E-state index in [-0.39, 0.29) is 17.8 Å². The summed E-state index contributed by atoms with van der Waals surface area (Å²) < 4.78 is 4.89. The van der Waals surface area contributed by atoms with E-state index in [2.05, 4.69) is 43.3 Å². The maximum Gasteiger partial charge on any atom is 0.309 e. The van der Waals surface area contributed by atoms with Crippen LogP contribution in [0.5, 0.6) is 0 Å². The molecule has 1 aliphatic carbocycles. The maximum atomic E-state index is 11.8. The minimum atomic E-state index is -0.0973. The number of benzene rings is 1. The highest BCUT2D eigenvalue weighted by atomic mass is 16.5. The second-order valence-corrected chi connectivity index (χ2v) is 4.57. The molecule has 90 valence electrons. The summed E-state index contributed by atoms with van der Waals surface area (Å²) in [6.45, 7) is 2.07. The first-order chi connectivity index (χ1) is 8.22. The Kier molecular flexibility index (Phi) is 3.62. The number of carbonyl (C=O) groups excluding carboxylic acids is 1. The van der Waals surface area contributed by atoms with Crippen molar-refractivity contribution in [2.75, 3.05) is 7.11 Å². The second-order valence-electron chi connectivity index (χ2n) is 4.57. The minimum Gasteiger partial charge on any atom is -0.469 e. The number of aryl methyl sites for hydroxylation is 1. The topological polar surface area (TPSA) is 26.3 Å². The van der Waals surface area contributed by atoms with Crippen molar-refractivity contribution in [2.45, 2.75) is 25.7 Å². The molecule has 0 aliphatic heterocycles. The monoisotopic (exact) mass is 230 g/mol. The number of hydrogen-bond acceptors (Lipinski definition) is 2. The van der Waals surface area contributed by atoms with E-state index in [1.165, 1.54) is 18.2 Å². The summed E-state index contributed by atoms with van der Waals surface area (Å²) in [5, 5.41) is 0. The fourth-order valence-corrected chi connectivity index (χ4v) is 2.38. The normalized spacial score (nSPS) is 23.4. The molecule has 1 aromatic carbocycles. The molecule has 17 heavy (non-hydrogen) atoms. The molecular weight excluding hydrogens is 212 g/mol. The van der Waals surface area contributed by atoms with Crippen LogP contribution in [0.3, 0.4) is 0 Å². The first kappa shape index (κ1) is 11.9. The molecule has 0 saturated heterocycles. The molecular formula is C15H18O2. The molecule has 0 N–H and O–H groups in total. The third-order valence-electron chi connectivity index (χ3n) is 3.39. The van der Waals surface area contributed by atoms with Crippen molar-refractivity contribution in [3.63, 3.8) is 0 Å². The zero-order valence-electron chi connectivity index (χ0n) is 10.3. The molecule has 0 amide bonds. The number of carbonyl (C=O) groups is 1. The van der Waals surface area contributed by atoms with Crippen molar-refractivity contribution >= 4 is 5.97 Å². The second kappa shape index (κ2) is 5.17. The first-order valence-electron chi connectivity index (χ1n) is 6.03. The molecule has 2 nitrogen and oxygen atoms in total. The van der Waals surface area contributed by atoms with Gasteiger partial charge in [0.05, 0.1) is 13.0 Å². The molecule has 2 heteroatoms. The third-order valence-corrected chi connectivity index (χ3v) is 3.39. The molecule has 0 spiro atoms. The Labute approximate surface area is 102 Å². The predicted molar refractivity (Wildman–Crippen MR) is 67.8 cm³/mol. The molecule has 0 bridgehead atoms. The van der Waals surface area contributed by atoms with E-state index in [0.29, 0.717) is 0 Å². The zero-order valence-corrected chi connectivity index (χ0v) is 10.3. The molecule has 2 rings (SSSR count). The molecule has 0 heterocycles. The van der Waals surface area contributed by atoms with Gasteiger partial charge in [-0.1, -0.05) is 42.0 Å². The van der Waals surface area contributed by atoms with Gasteiger partial charge in [0.1, 0.15) is 0 Å². The number of methoxy groups -OCH3 is 1. The van der Waals surface area contributed by atoms with Crippen LogP contribution in [0.2, 0.25) is 0 Å². The van der Waals surface area contributed by atoms with E-state index in [0.717, 1.165) is 12.8 Å². The van der Waals surface area contributed by atoms with Crippen LogP contribution < -0.4 is 0 Å². The summed E-state index contributed by atoms with van der Waals surface area (Å²) in [6, 6.07) is 8.38. The first-order valence-corrected chi connectivity index (χ1v) is 6.03. The molecule has 0 radical (unpaired) electrons. The van der Waals surface area contributed by atoms with E-state index in [1.54, 1.807) is 0 Å². The molecule has 2 atom stereocenters. The minimum absolute atomic E-state index is 0.0345. The number of allylic oxidation sites excluding steroid dienone is 2. The quantitative estimate of drug-likeness (QED) is 0.576. The largest absolute Gasteiger partial charge is 0.469 e. The SMILES string of the molecule is COC(=O)C1CCC=CC1c1ccc(C)cc1. The molecule has 1 aromatic rings. The lowest BCUT2D eigenvalue weighted by atomic mass is 9.79. The lowest BCUT2D eigenvalue weighted by molar-refractivity contribution is -0.146. The highest BCUT2D eigenvalue weighted by Crippen LogP contribution is 2.34. The molecule has 0 aromatic heterocycles. The highest BCUT2D eigenvalue weighted by Gasteiger charge is 2.29. The lowest BCUT2D eigenvalue weighted by Gasteiger charge is -2.25. The van der Waals surface area contributed by atoms with Crippen molar-refractivity contribution in [1.82, 2.24) is 0 Å². The van der Waals surface area contributed by atoms with Crippen LogP contribution >= 0.6 is 0 Å². The van der Waals surface area contributed by atoms with E-state index in [9.17, 15) is 4.79 Å². The van der Waals surface area contributed by atoms with Gasteiger partial charge in [-0.15, -0.1) is 0 Å². The van der Waals surface area contributed by atoms with Gasteiger partial charge in [0.2, 0.25) is 0 Å². The van der Waals surface area contributed by atoms with Crippen LogP contribution in [0.15, 0.2) is 36.4 Å². The Morgan fingerprint density at radius 1 is 1.29 bits per heavy atom. The van der Waals surface area contributed by atoms with E-state index >= 15 is 0 Å². The summed E-state index contributed by atoms with van der Waals surface area (Å²) >= 11 is 0. The summed E-state index contributed by atoms with van der Waals surface area (Å²) in [5.74, 6) is 0.0319. The van der Waals surface area contributed by atoms with E-state index < -0.39 is 0 Å². The van der Waals surface area contributed by atoms with Crippen molar-refractivity contribution in [3.05, 3.63) is 47.5 Å². The molecule has 0 fully saturated rings. The fourth-order valence-electron chi connectivity index (χ4n) is 2.38. The van der Waals surface area contributed by atoms with Gasteiger partial charge in [-0.3, -0.25) is 4.79 Å². The van der Waals surface area contributed by atoms with Gasteiger partial charge < -0.3 is 4.74 Å². The summed E-state index contributed by atoms with van der Waals surface area (Å²) in [4.78, 5) is 11.8. The predicted octanol–water partition coefficient (Wildman–Crippen LogP) is 3.22. The maximum absolute atomic E-state index is 11.8. The fraction of sp³-hybridized carbons (Fsp3) is 0.400. The zero-order chi connectivity index (χ0) is 12.3. The summed E-state index contributed by atoms with van der Waals surface area (Å²) in [7, 11) is 1.47. The highest BCUT2D eigenvalue weighted by molar-refractivity contribution is 5.74. The van der Waals surface area contributed by atoms with Gasteiger partial charge in [-0.2, -0.15) is 0 Å². The number of hydrogen-bond donors (Lipinski definition) is 0. The van der Waals surface area contributed by atoms with Gasteiger partial charge in [0, 0.05) is 5.92 Å². The van der Waals surface area contributed by atoms with Gasteiger partial charge >= 0.3 is 5.97 Å². The van der Waals surface area contributed by atoms with Crippen LogP contribution in [-0.2, 0) is 9.53 Å². The number of rotatable bonds is 2. The Morgan fingerprint density at radius 2 is 2.00 bits per heavy atom. The van der Waals surface area contributed by atoms with Crippen molar-refractivity contribution in [3.8, 4) is 0 Å². The molecule has 1 aliphatic rings. The average Bonchev–Trinajstić information content (AvgIpc) is 2.39. The van der Waals surface area contributed by atoms with Crippen LogP contribution in [0.25, 0.3) is 0 Å². The van der Waals surface area contributed by atoms with Crippen LogP contribution in [0.1, 0.15) is 29.9 Å². The Hall–Kier alpha value is -1.57. The van der Waals surface area contributed by atoms with Crippen LogP contribution in [0, 0.1) is 12.8 Å². The van der Waals surface area contributed by atoms with Crippen LogP contribution in [-0.4, -0.2) is 13.1 Å². The standard InChI is InChI=1S/C15H18O2/c1-11-7-9-12(10-8-11)13-5-3-4-6-14(13)15(16)17-2/h3,5,7-10,13-14H,4,6H2,1-2H3. The molecule has 0 saturated carbocycles. The van der Waals surface area contributed by atoms with Crippen LogP contribution in [0.4, 0.5) is 0 Å². The van der Waals surface area contributed by atoms with Gasteiger partial charge in [-0.25, -0.2) is 0 Å². The average molecular weight is 230 g/mol.